The molecule has 0 aliphatic rings. The monoisotopic (exact) mass is 177 g/mol. The first-order valence-electron chi connectivity index (χ1n) is 3.67. The molecule has 0 spiro atoms. The van der Waals surface area contributed by atoms with Crippen molar-refractivity contribution in [1.29, 1.82) is 0 Å². The van der Waals surface area contributed by atoms with Crippen molar-refractivity contribution in [2.24, 2.45) is 0 Å². The summed E-state index contributed by atoms with van der Waals surface area (Å²) in [6.07, 6.45) is -1.14. The number of carbonyl (C=O) groups excluding carboxylic acids is 1. The first kappa shape index (κ1) is 11.4. The predicted octanol–water partition coefficient (Wildman–Crippen LogP) is -1.77. The molecule has 0 saturated carbocycles. The largest absolute Gasteiger partial charge is 0.394 e. The zero-order chi connectivity index (χ0) is 9.78. The van der Waals surface area contributed by atoms with Crippen LogP contribution in [0.2, 0.25) is 0 Å². The van der Waals surface area contributed by atoms with Crippen molar-refractivity contribution in [3.05, 3.63) is 0 Å². The zero-order valence-corrected chi connectivity index (χ0v) is 7.24. The van der Waals surface area contributed by atoms with Crippen molar-refractivity contribution in [3.8, 4) is 0 Å². The van der Waals surface area contributed by atoms with Gasteiger partial charge in [0.1, 0.15) is 6.10 Å². The molecule has 0 aromatic heterocycles. The van der Waals surface area contributed by atoms with Crippen molar-refractivity contribution in [2.75, 3.05) is 13.2 Å². The van der Waals surface area contributed by atoms with E-state index in [9.17, 15) is 4.79 Å². The van der Waals surface area contributed by atoms with Gasteiger partial charge in [0.15, 0.2) is 0 Å². The maximum absolute atomic E-state index is 10.9. The Labute approximate surface area is 71.0 Å². The Bertz CT molecular complexity index is 153. The number of hydrogen-bond donors (Lipinski definition) is 4. The van der Waals surface area contributed by atoms with Gasteiger partial charge in [-0.05, 0) is 13.8 Å². The Morgan fingerprint density at radius 3 is 2.17 bits per heavy atom. The molecule has 0 fully saturated rings. The summed E-state index contributed by atoms with van der Waals surface area (Å²) in [6.45, 7) is 2.04. The number of amides is 1. The molecule has 5 nitrogen and oxygen atoms in total. The molecular formula is C7H15NO4. The van der Waals surface area contributed by atoms with Crippen LogP contribution in [-0.2, 0) is 4.79 Å². The number of hydrogen-bond acceptors (Lipinski definition) is 4. The van der Waals surface area contributed by atoms with Crippen LogP contribution in [-0.4, -0.2) is 46.1 Å². The molecular weight excluding hydrogens is 162 g/mol. The van der Waals surface area contributed by atoms with Crippen LogP contribution in [0, 0.1) is 0 Å². The molecule has 0 heterocycles. The van der Waals surface area contributed by atoms with E-state index in [1.54, 1.807) is 0 Å². The molecule has 0 radical (unpaired) electrons. The van der Waals surface area contributed by atoms with Crippen LogP contribution in [0.4, 0.5) is 0 Å². The third kappa shape index (κ3) is 3.17. The smallest absolute Gasteiger partial charge is 0.249 e. The maximum Gasteiger partial charge on any atom is 0.249 e. The molecule has 4 N–H and O–H groups in total. The summed E-state index contributed by atoms with van der Waals surface area (Å²) in [4.78, 5) is 10.9. The molecule has 5 heteroatoms. The van der Waals surface area contributed by atoms with Crippen LogP contribution in [0.3, 0.4) is 0 Å². The molecule has 1 atom stereocenters. The molecule has 0 rings (SSSR count). The van der Waals surface area contributed by atoms with E-state index < -0.39 is 17.6 Å². The third-order valence-electron chi connectivity index (χ3n) is 1.50. The highest BCUT2D eigenvalue weighted by atomic mass is 16.3. The van der Waals surface area contributed by atoms with E-state index in [1.807, 2.05) is 0 Å². The van der Waals surface area contributed by atoms with Crippen molar-refractivity contribution in [2.45, 2.75) is 25.5 Å². The summed E-state index contributed by atoms with van der Waals surface area (Å²) in [6, 6.07) is 0. The van der Waals surface area contributed by atoms with Crippen LogP contribution in [0.1, 0.15) is 13.8 Å². The number of aliphatic hydroxyl groups excluding tert-OH is 3. The Hall–Kier alpha value is -0.650. The molecule has 0 saturated heterocycles. The van der Waals surface area contributed by atoms with E-state index in [-0.39, 0.29) is 13.2 Å². The van der Waals surface area contributed by atoms with E-state index in [2.05, 4.69) is 5.32 Å². The van der Waals surface area contributed by atoms with Gasteiger partial charge in [-0.25, -0.2) is 0 Å². The maximum atomic E-state index is 10.9. The lowest BCUT2D eigenvalue weighted by Gasteiger charge is -2.26. The minimum atomic E-state index is -1.14. The number of rotatable bonds is 4. The fourth-order valence-corrected chi connectivity index (χ4v) is 0.531. The minimum Gasteiger partial charge on any atom is -0.394 e. The Morgan fingerprint density at radius 1 is 1.50 bits per heavy atom. The summed E-state index contributed by atoms with van der Waals surface area (Å²) < 4.78 is 0. The standard InChI is InChI=1S/C7H15NO4/c1-5(11)6(12)8-7(2,3-9)4-10/h5,9-11H,3-4H2,1-2H3,(H,8,12)/t5-/m1/s1. The summed E-state index contributed by atoms with van der Waals surface area (Å²) >= 11 is 0. The quantitative estimate of drug-likeness (QED) is 0.409. The molecule has 0 aromatic carbocycles. The average molecular weight is 177 g/mol. The highest BCUT2D eigenvalue weighted by molar-refractivity contribution is 5.80. The van der Waals surface area contributed by atoms with Crippen LogP contribution in [0.25, 0.3) is 0 Å². The molecule has 0 bridgehead atoms. The minimum absolute atomic E-state index is 0.373. The van der Waals surface area contributed by atoms with E-state index in [0.717, 1.165) is 0 Å². The summed E-state index contributed by atoms with van der Waals surface area (Å²) in [5, 5.41) is 28.6. The molecule has 0 aliphatic heterocycles. The molecule has 0 unspecified atom stereocenters. The summed E-state index contributed by atoms with van der Waals surface area (Å²) in [5.74, 6) is -0.611. The average Bonchev–Trinajstić information content (AvgIpc) is 2.04. The van der Waals surface area contributed by atoms with Gasteiger partial charge in [0, 0.05) is 0 Å². The normalized spacial score (nSPS) is 14.1. The van der Waals surface area contributed by atoms with Crippen molar-refractivity contribution in [3.63, 3.8) is 0 Å². The van der Waals surface area contributed by atoms with Gasteiger partial charge in [0.2, 0.25) is 5.91 Å². The van der Waals surface area contributed by atoms with Crippen molar-refractivity contribution >= 4 is 5.91 Å². The highest BCUT2D eigenvalue weighted by Gasteiger charge is 2.25. The van der Waals surface area contributed by atoms with E-state index in [4.69, 9.17) is 15.3 Å². The zero-order valence-electron chi connectivity index (χ0n) is 7.24. The predicted molar refractivity (Wildman–Crippen MR) is 42.4 cm³/mol. The fourth-order valence-electron chi connectivity index (χ4n) is 0.531. The van der Waals surface area contributed by atoms with Gasteiger partial charge in [-0.2, -0.15) is 0 Å². The van der Waals surface area contributed by atoms with E-state index in [1.165, 1.54) is 13.8 Å². The van der Waals surface area contributed by atoms with Crippen LogP contribution in [0.5, 0.6) is 0 Å². The second-order valence-corrected chi connectivity index (χ2v) is 3.04. The SMILES string of the molecule is C[C@@H](O)C(=O)NC(C)(CO)CO. The second kappa shape index (κ2) is 4.39. The number of nitrogens with one attached hydrogen (secondary N) is 1. The molecule has 0 aliphatic carbocycles. The van der Waals surface area contributed by atoms with E-state index in [0.29, 0.717) is 0 Å². The van der Waals surface area contributed by atoms with Gasteiger partial charge in [-0.3, -0.25) is 4.79 Å². The van der Waals surface area contributed by atoms with Gasteiger partial charge < -0.3 is 20.6 Å². The lowest BCUT2D eigenvalue weighted by atomic mass is 10.1. The summed E-state index contributed by atoms with van der Waals surface area (Å²) in [5.41, 5.74) is -1.06. The van der Waals surface area contributed by atoms with Gasteiger partial charge in [0.25, 0.3) is 0 Å². The Balaban J connectivity index is 4.12. The van der Waals surface area contributed by atoms with Gasteiger partial charge in [-0.1, -0.05) is 0 Å². The Morgan fingerprint density at radius 2 is 1.92 bits per heavy atom. The first-order chi connectivity index (χ1) is 5.45. The fraction of sp³-hybridized carbons (Fsp3) is 0.857. The van der Waals surface area contributed by atoms with Crippen molar-refractivity contribution < 1.29 is 20.1 Å². The topological polar surface area (TPSA) is 89.8 Å². The van der Waals surface area contributed by atoms with Gasteiger partial charge in [-0.15, -0.1) is 0 Å². The van der Waals surface area contributed by atoms with Crippen molar-refractivity contribution in [1.82, 2.24) is 5.32 Å². The number of carbonyl (C=O) groups is 1. The lowest BCUT2D eigenvalue weighted by molar-refractivity contribution is -0.131. The van der Waals surface area contributed by atoms with Crippen LogP contribution < -0.4 is 5.32 Å². The van der Waals surface area contributed by atoms with Crippen LogP contribution in [0.15, 0.2) is 0 Å². The number of aliphatic hydroxyl groups is 3. The van der Waals surface area contributed by atoms with Crippen LogP contribution >= 0.6 is 0 Å². The molecule has 0 aromatic rings. The second-order valence-electron chi connectivity index (χ2n) is 3.04. The Kier molecular flexibility index (Phi) is 4.16. The lowest BCUT2D eigenvalue weighted by Crippen LogP contribution is -2.54. The summed E-state index contributed by atoms with van der Waals surface area (Å²) in [7, 11) is 0. The molecule has 1 amide bonds. The van der Waals surface area contributed by atoms with Gasteiger partial charge in [0.05, 0.1) is 18.8 Å². The van der Waals surface area contributed by atoms with Gasteiger partial charge >= 0.3 is 0 Å². The first-order valence-corrected chi connectivity index (χ1v) is 3.67. The molecule has 12 heavy (non-hydrogen) atoms. The highest BCUT2D eigenvalue weighted by Crippen LogP contribution is 2.00. The molecule has 72 valence electrons. The van der Waals surface area contributed by atoms with E-state index >= 15 is 0 Å². The third-order valence-corrected chi connectivity index (χ3v) is 1.50.